The van der Waals surface area contributed by atoms with E-state index in [0.717, 1.165) is 18.8 Å². The molecular weight excluding hydrogens is 188 g/mol. The summed E-state index contributed by atoms with van der Waals surface area (Å²) in [4.78, 5) is 11.1. The summed E-state index contributed by atoms with van der Waals surface area (Å²) >= 11 is 0. The minimum absolute atomic E-state index is 0.0203. The van der Waals surface area contributed by atoms with Crippen LogP contribution in [-0.4, -0.2) is 11.1 Å². The Morgan fingerprint density at radius 3 is 2.13 bits per heavy atom. The third-order valence-electron chi connectivity index (χ3n) is 4.39. The lowest BCUT2D eigenvalue weighted by Gasteiger charge is -2.25. The number of hydrogen-bond donors (Lipinski definition) is 1. The van der Waals surface area contributed by atoms with Crippen molar-refractivity contribution in [3.8, 4) is 0 Å². The molecule has 0 spiro atoms. The highest BCUT2D eigenvalue weighted by atomic mass is 16.4. The standard InChI is InChI=1S/C13H22O2/c14-13(15)12-9-5-8-11(12)10-6-3-1-2-4-7-10/h10-12H,1-9H2,(H,14,15). The Bertz CT molecular complexity index is 217. The maximum Gasteiger partial charge on any atom is 0.306 e. The van der Waals surface area contributed by atoms with Gasteiger partial charge < -0.3 is 5.11 Å². The topological polar surface area (TPSA) is 37.3 Å². The summed E-state index contributed by atoms with van der Waals surface area (Å²) in [5.41, 5.74) is 0. The maximum absolute atomic E-state index is 11.1. The number of carboxylic acids is 1. The molecule has 0 heterocycles. The normalized spacial score (nSPS) is 33.9. The van der Waals surface area contributed by atoms with Crippen molar-refractivity contribution in [2.45, 2.75) is 57.8 Å². The van der Waals surface area contributed by atoms with Crippen LogP contribution in [0.1, 0.15) is 57.8 Å². The molecule has 0 saturated heterocycles. The number of hydrogen-bond acceptors (Lipinski definition) is 1. The van der Waals surface area contributed by atoms with Gasteiger partial charge in [-0.3, -0.25) is 4.79 Å². The Balaban J connectivity index is 1.97. The van der Waals surface area contributed by atoms with Crippen LogP contribution in [0.5, 0.6) is 0 Å². The second kappa shape index (κ2) is 5.00. The minimum Gasteiger partial charge on any atom is -0.481 e. The summed E-state index contributed by atoms with van der Waals surface area (Å²) in [6.07, 6.45) is 11.2. The van der Waals surface area contributed by atoms with Crippen LogP contribution in [0.2, 0.25) is 0 Å². The number of rotatable bonds is 2. The molecule has 15 heavy (non-hydrogen) atoms. The van der Waals surface area contributed by atoms with Gasteiger partial charge in [-0.15, -0.1) is 0 Å². The molecule has 0 radical (unpaired) electrons. The molecule has 0 amide bonds. The van der Waals surface area contributed by atoms with E-state index >= 15 is 0 Å². The van der Waals surface area contributed by atoms with Crippen molar-refractivity contribution in [3.05, 3.63) is 0 Å². The van der Waals surface area contributed by atoms with Gasteiger partial charge in [0, 0.05) is 0 Å². The van der Waals surface area contributed by atoms with Crippen LogP contribution < -0.4 is 0 Å². The Morgan fingerprint density at radius 2 is 1.53 bits per heavy atom. The van der Waals surface area contributed by atoms with E-state index in [1.807, 2.05) is 0 Å². The molecular formula is C13H22O2. The Kier molecular flexibility index (Phi) is 3.66. The smallest absolute Gasteiger partial charge is 0.306 e. The van der Waals surface area contributed by atoms with Gasteiger partial charge in [0.2, 0.25) is 0 Å². The molecule has 0 bridgehead atoms. The van der Waals surface area contributed by atoms with Crippen molar-refractivity contribution < 1.29 is 9.90 Å². The molecule has 2 fully saturated rings. The average molecular weight is 210 g/mol. The van der Waals surface area contributed by atoms with Gasteiger partial charge in [0.25, 0.3) is 0 Å². The predicted molar refractivity (Wildman–Crippen MR) is 59.7 cm³/mol. The van der Waals surface area contributed by atoms with E-state index in [0.29, 0.717) is 5.92 Å². The van der Waals surface area contributed by atoms with Crippen LogP contribution in [0.4, 0.5) is 0 Å². The molecule has 2 atom stereocenters. The molecule has 0 aliphatic heterocycles. The van der Waals surface area contributed by atoms with E-state index in [1.165, 1.54) is 44.9 Å². The van der Waals surface area contributed by atoms with Crippen LogP contribution in [-0.2, 0) is 4.79 Å². The number of aliphatic carboxylic acids is 1. The molecule has 1 N–H and O–H groups in total. The summed E-state index contributed by atoms with van der Waals surface area (Å²) in [6.45, 7) is 0. The lowest BCUT2D eigenvalue weighted by Crippen LogP contribution is -2.24. The van der Waals surface area contributed by atoms with Gasteiger partial charge in [-0.05, 0) is 24.7 Å². The Labute approximate surface area is 92.1 Å². The second-order valence-electron chi connectivity index (χ2n) is 5.29. The van der Waals surface area contributed by atoms with Crippen LogP contribution >= 0.6 is 0 Å². The third kappa shape index (κ3) is 2.53. The first-order valence-electron chi connectivity index (χ1n) is 6.52. The van der Waals surface area contributed by atoms with Gasteiger partial charge in [-0.1, -0.05) is 44.9 Å². The predicted octanol–water partition coefficient (Wildman–Crippen LogP) is 3.46. The Hall–Kier alpha value is -0.530. The molecule has 86 valence electrons. The lowest BCUT2D eigenvalue weighted by molar-refractivity contribution is -0.143. The first-order chi connectivity index (χ1) is 7.29. The van der Waals surface area contributed by atoms with Crippen LogP contribution in [0.25, 0.3) is 0 Å². The van der Waals surface area contributed by atoms with E-state index in [2.05, 4.69) is 0 Å². The second-order valence-corrected chi connectivity index (χ2v) is 5.29. The van der Waals surface area contributed by atoms with Crippen molar-refractivity contribution >= 4 is 5.97 Å². The van der Waals surface area contributed by atoms with Gasteiger partial charge >= 0.3 is 5.97 Å². The van der Waals surface area contributed by atoms with Gasteiger partial charge in [0.05, 0.1) is 5.92 Å². The molecule has 0 aromatic carbocycles. The largest absolute Gasteiger partial charge is 0.481 e. The molecule has 0 aromatic rings. The van der Waals surface area contributed by atoms with Crippen molar-refractivity contribution in [3.63, 3.8) is 0 Å². The van der Waals surface area contributed by atoms with Crippen LogP contribution in [0.15, 0.2) is 0 Å². The van der Waals surface area contributed by atoms with Gasteiger partial charge in [-0.25, -0.2) is 0 Å². The summed E-state index contributed by atoms with van der Waals surface area (Å²) in [6, 6.07) is 0. The fourth-order valence-corrected chi connectivity index (χ4v) is 3.60. The van der Waals surface area contributed by atoms with Crippen molar-refractivity contribution in [2.24, 2.45) is 17.8 Å². The highest BCUT2D eigenvalue weighted by molar-refractivity contribution is 5.70. The number of carboxylic acid groups (broad SMARTS) is 1. The monoisotopic (exact) mass is 210 g/mol. The molecule has 2 aliphatic carbocycles. The summed E-state index contributed by atoms with van der Waals surface area (Å²) in [7, 11) is 0. The lowest BCUT2D eigenvalue weighted by atomic mass is 9.79. The molecule has 2 nitrogen and oxygen atoms in total. The van der Waals surface area contributed by atoms with Crippen LogP contribution in [0.3, 0.4) is 0 Å². The fraction of sp³-hybridized carbons (Fsp3) is 0.923. The molecule has 2 aliphatic rings. The first-order valence-corrected chi connectivity index (χ1v) is 6.52. The first kappa shape index (κ1) is 11.0. The quantitative estimate of drug-likeness (QED) is 0.709. The SMILES string of the molecule is O=C(O)C1CCCC1C1CCCCCC1. The van der Waals surface area contributed by atoms with Gasteiger partial charge in [-0.2, -0.15) is 0 Å². The third-order valence-corrected chi connectivity index (χ3v) is 4.39. The zero-order valence-electron chi connectivity index (χ0n) is 9.45. The van der Waals surface area contributed by atoms with E-state index in [1.54, 1.807) is 0 Å². The van der Waals surface area contributed by atoms with Crippen molar-refractivity contribution in [1.29, 1.82) is 0 Å². The van der Waals surface area contributed by atoms with Gasteiger partial charge in [0.1, 0.15) is 0 Å². The summed E-state index contributed by atoms with van der Waals surface area (Å²) in [5.74, 6) is 0.659. The molecule has 2 unspecified atom stereocenters. The maximum atomic E-state index is 11.1. The molecule has 2 heteroatoms. The van der Waals surface area contributed by atoms with E-state index in [9.17, 15) is 9.90 Å². The average Bonchev–Trinajstić information content (AvgIpc) is 2.55. The summed E-state index contributed by atoms with van der Waals surface area (Å²) in [5, 5.41) is 9.18. The van der Waals surface area contributed by atoms with E-state index in [4.69, 9.17) is 0 Å². The minimum atomic E-state index is -0.540. The molecule has 0 aromatic heterocycles. The molecule has 2 saturated carbocycles. The Morgan fingerprint density at radius 1 is 0.867 bits per heavy atom. The van der Waals surface area contributed by atoms with Gasteiger partial charge in [0.15, 0.2) is 0 Å². The summed E-state index contributed by atoms with van der Waals surface area (Å²) < 4.78 is 0. The highest BCUT2D eigenvalue weighted by Gasteiger charge is 2.37. The van der Waals surface area contributed by atoms with Crippen molar-refractivity contribution in [2.75, 3.05) is 0 Å². The zero-order valence-corrected chi connectivity index (χ0v) is 9.45. The van der Waals surface area contributed by atoms with Crippen molar-refractivity contribution in [1.82, 2.24) is 0 Å². The zero-order chi connectivity index (χ0) is 10.7. The number of carbonyl (C=O) groups is 1. The molecule has 2 rings (SSSR count). The van der Waals surface area contributed by atoms with E-state index < -0.39 is 5.97 Å². The van der Waals surface area contributed by atoms with Crippen LogP contribution in [0, 0.1) is 17.8 Å². The van der Waals surface area contributed by atoms with E-state index in [-0.39, 0.29) is 5.92 Å². The fourth-order valence-electron chi connectivity index (χ4n) is 3.60. The highest BCUT2D eigenvalue weighted by Crippen LogP contribution is 2.42.